The fraction of sp³-hybridized carbons (Fsp3) is 0.409. The fourth-order valence-corrected chi connectivity index (χ4v) is 5.27. The normalized spacial score (nSPS) is 27.1. The Hall–Kier alpha value is -2.40. The monoisotopic (exact) mass is 398 g/mol. The van der Waals surface area contributed by atoms with Crippen molar-refractivity contribution in [3.8, 4) is 0 Å². The van der Waals surface area contributed by atoms with E-state index in [9.17, 15) is 14.9 Å². The van der Waals surface area contributed by atoms with Crippen LogP contribution in [0.2, 0.25) is 0 Å². The summed E-state index contributed by atoms with van der Waals surface area (Å²) in [6, 6.07) is 15.9. The summed E-state index contributed by atoms with van der Waals surface area (Å²) in [6.07, 6.45) is 5.04. The van der Waals surface area contributed by atoms with Gasteiger partial charge in [-0.2, -0.15) is 0 Å². The molecule has 2 aromatic rings. The van der Waals surface area contributed by atoms with Gasteiger partial charge < -0.3 is 4.90 Å². The van der Waals surface area contributed by atoms with Crippen LogP contribution in [-0.4, -0.2) is 27.1 Å². The van der Waals surface area contributed by atoms with Gasteiger partial charge in [-0.25, -0.2) is 0 Å². The van der Waals surface area contributed by atoms with Crippen LogP contribution in [0.5, 0.6) is 0 Å². The largest absolute Gasteiger partial charge is 0.331 e. The molecule has 0 aromatic heterocycles. The first-order chi connectivity index (χ1) is 13.5. The van der Waals surface area contributed by atoms with Crippen LogP contribution in [-0.2, 0) is 0 Å². The number of hydrogen-bond donors (Lipinski definition) is 0. The summed E-state index contributed by atoms with van der Waals surface area (Å²) in [7, 11) is 0. The molecule has 6 heteroatoms. The van der Waals surface area contributed by atoms with Crippen molar-refractivity contribution in [2.75, 3.05) is 6.54 Å². The van der Waals surface area contributed by atoms with Crippen LogP contribution in [0.15, 0.2) is 54.6 Å². The molecule has 0 spiro atoms. The van der Waals surface area contributed by atoms with Gasteiger partial charge in [-0.15, -0.1) is 11.6 Å². The van der Waals surface area contributed by atoms with Crippen LogP contribution >= 0.6 is 11.6 Å². The molecule has 2 aliphatic rings. The zero-order valence-electron chi connectivity index (χ0n) is 15.6. The van der Waals surface area contributed by atoms with Crippen molar-refractivity contribution in [1.82, 2.24) is 4.90 Å². The number of rotatable bonds is 3. The number of hydrogen-bond acceptors (Lipinski definition) is 3. The molecule has 1 aliphatic carbocycles. The maximum Gasteiger partial charge on any atom is 0.269 e. The Kier molecular flexibility index (Phi) is 5.11. The SMILES string of the molecule is O=C(c1ccc([N+](=O)[O-])cc1)N1CCC2(Cl)CCCCC2C1c1ccccc1. The van der Waals surface area contributed by atoms with E-state index in [4.69, 9.17) is 11.6 Å². The van der Waals surface area contributed by atoms with E-state index >= 15 is 0 Å². The fourth-order valence-electron chi connectivity index (χ4n) is 4.82. The highest BCUT2D eigenvalue weighted by Crippen LogP contribution is 2.52. The minimum absolute atomic E-state index is 0.0122. The van der Waals surface area contributed by atoms with Gasteiger partial charge in [-0.05, 0) is 37.0 Å². The molecule has 1 heterocycles. The first-order valence-corrected chi connectivity index (χ1v) is 10.2. The number of non-ortho nitro benzene ring substituents is 1. The lowest BCUT2D eigenvalue weighted by molar-refractivity contribution is -0.384. The second-order valence-electron chi connectivity index (χ2n) is 7.79. The van der Waals surface area contributed by atoms with E-state index in [-0.39, 0.29) is 28.4 Å². The molecule has 2 fully saturated rings. The van der Waals surface area contributed by atoms with Gasteiger partial charge in [-0.1, -0.05) is 43.2 Å². The first kappa shape index (κ1) is 18.9. The molecular formula is C22H23ClN2O3. The number of carbonyl (C=O) groups is 1. The van der Waals surface area contributed by atoms with Crippen molar-refractivity contribution in [3.63, 3.8) is 0 Å². The third-order valence-electron chi connectivity index (χ3n) is 6.23. The molecule has 28 heavy (non-hydrogen) atoms. The smallest absolute Gasteiger partial charge is 0.269 e. The van der Waals surface area contributed by atoms with Crippen molar-refractivity contribution >= 4 is 23.2 Å². The van der Waals surface area contributed by atoms with Crippen LogP contribution in [0, 0.1) is 16.0 Å². The second kappa shape index (κ2) is 7.55. The Morgan fingerprint density at radius 3 is 2.46 bits per heavy atom. The summed E-state index contributed by atoms with van der Waals surface area (Å²) >= 11 is 7.08. The molecular weight excluding hydrogens is 376 g/mol. The zero-order valence-corrected chi connectivity index (χ0v) is 16.3. The molecule has 1 aliphatic heterocycles. The topological polar surface area (TPSA) is 63.4 Å². The molecule has 1 saturated carbocycles. The number of nitro groups is 1. The van der Waals surface area contributed by atoms with Crippen LogP contribution < -0.4 is 0 Å². The number of nitro benzene ring substituents is 1. The first-order valence-electron chi connectivity index (χ1n) is 9.79. The number of alkyl halides is 1. The number of likely N-dealkylation sites (tertiary alicyclic amines) is 1. The number of halogens is 1. The third-order valence-corrected chi connectivity index (χ3v) is 6.89. The quantitative estimate of drug-likeness (QED) is 0.397. The summed E-state index contributed by atoms with van der Waals surface area (Å²) in [5.74, 6) is 0.120. The van der Waals surface area contributed by atoms with Crippen LogP contribution in [0.4, 0.5) is 5.69 Å². The number of nitrogens with zero attached hydrogens (tertiary/aromatic N) is 2. The van der Waals surface area contributed by atoms with Crippen molar-refractivity contribution in [1.29, 1.82) is 0 Å². The molecule has 1 amide bonds. The number of fused-ring (bicyclic) bond motifs is 1. The second-order valence-corrected chi connectivity index (χ2v) is 8.55. The van der Waals surface area contributed by atoms with Gasteiger partial charge in [0.2, 0.25) is 0 Å². The van der Waals surface area contributed by atoms with Gasteiger partial charge in [0.15, 0.2) is 0 Å². The van der Waals surface area contributed by atoms with E-state index in [2.05, 4.69) is 12.1 Å². The Labute approximate surface area is 169 Å². The summed E-state index contributed by atoms with van der Waals surface area (Å²) < 4.78 is 0. The van der Waals surface area contributed by atoms with E-state index in [1.807, 2.05) is 23.1 Å². The van der Waals surface area contributed by atoms with Crippen LogP contribution in [0.1, 0.15) is 54.1 Å². The predicted molar refractivity (Wildman–Crippen MR) is 108 cm³/mol. The number of amides is 1. The highest BCUT2D eigenvalue weighted by atomic mass is 35.5. The van der Waals surface area contributed by atoms with E-state index in [0.717, 1.165) is 37.7 Å². The predicted octanol–water partition coefficient (Wildman–Crippen LogP) is 5.35. The molecule has 146 valence electrons. The summed E-state index contributed by atoms with van der Waals surface area (Å²) in [5.41, 5.74) is 1.57. The number of piperidine rings is 1. The summed E-state index contributed by atoms with van der Waals surface area (Å²) in [4.78, 5) is 25.5. The van der Waals surface area contributed by atoms with Crippen molar-refractivity contribution in [2.45, 2.75) is 43.0 Å². The Morgan fingerprint density at radius 1 is 1.07 bits per heavy atom. The average molecular weight is 399 g/mol. The van der Waals surface area contributed by atoms with Crippen molar-refractivity contribution in [3.05, 3.63) is 75.8 Å². The summed E-state index contributed by atoms with van der Waals surface area (Å²) in [5, 5.41) is 10.9. The lowest BCUT2D eigenvalue weighted by Crippen LogP contribution is -2.53. The molecule has 0 bridgehead atoms. The minimum atomic E-state index is -0.453. The van der Waals surface area contributed by atoms with E-state index in [1.165, 1.54) is 12.1 Å². The maximum absolute atomic E-state index is 13.4. The molecule has 4 rings (SSSR count). The van der Waals surface area contributed by atoms with Gasteiger partial charge in [0.05, 0.1) is 15.8 Å². The summed E-state index contributed by atoms with van der Waals surface area (Å²) in [6.45, 7) is 0.593. The minimum Gasteiger partial charge on any atom is -0.331 e. The van der Waals surface area contributed by atoms with E-state index in [1.54, 1.807) is 12.1 Å². The third kappa shape index (κ3) is 3.39. The lowest BCUT2D eigenvalue weighted by atomic mass is 9.68. The van der Waals surface area contributed by atoms with Gasteiger partial charge in [0.1, 0.15) is 0 Å². The molecule has 3 atom stereocenters. The Morgan fingerprint density at radius 2 is 1.79 bits per heavy atom. The number of benzene rings is 2. The highest BCUT2D eigenvalue weighted by molar-refractivity contribution is 6.24. The maximum atomic E-state index is 13.4. The van der Waals surface area contributed by atoms with E-state index < -0.39 is 4.92 Å². The molecule has 5 nitrogen and oxygen atoms in total. The van der Waals surface area contributed by atoms with Crippen molar-refractivity contribution in [2.24, 2.45) is 5.92 Å². The van der Waals surface area contributed by atoms with Gasteiger partial charge in [0.25, 0.3) is 11.6 Å². The van der Waals surface area contributed by atoms with Gasteiger partial charge >= 0.3 is 0 Å². The van der Waals surface area contributed by atoms with Crippen LogP contribution in [0.3, 0.4) is 0 Å². The zero-order chi connectivity index (χ0) is 19.7. The van der Waals surface area contributed by atoms with Gasteiger partial charge in [-0.3, -0.25) is 14.9 Å². The molecule has 3 unspecified atom stereocenters. The molecule has 2 aromatic carbocycles. The van der Waals surface area contributed by atoms with Crippen molar-refractivity contribution < 1.29 is 9.72 Å². The highest BCUT2D eigenvalue weighted by Gasteiger charge is 2.50. The Bertz CT molecular complexity index is 871. The molecule has 1 saturated heterocycles. The lowest BCUT2D eigenvalue weighted by Gasteiger charge is -2.52. The molecule has 0 radical (unpaired) electrons. The number of carbonyl (C=O) groups excluding carboxylic acids is 1. The van der Waals surface area contributed by atoms with Crippen LogP contribution in [0.25, 0.3) is 0 Å². The average Bonchev–Trinajstić information content (AvgIpc) is 2.72. The Balaban J connectivity index is 1.70. The molecule has 0 N–H and O–H groups in total. The van der Waals surface area contributed by atoms with Gasteiger partial charge in [0, 0.05) is 30.2 Å². The van der Waals surface area contributed by atoms with E-state index in [0.29, 0.717) is 12.1 Å². The standard InChI is InChI=1S/C22H23ClN2O3/c23-22-13-5-4-8-19(22)20(16-6-2-1-3-7-16)24(15-14-22)21(26)17-9-11-18(12-10-17)25(27)28/h1-3,6-7,9-12,19-20H,4-5,8,13-15H2.